The Balaban J connectivity index is 2.05. The van der Waals surface area contributed by atoms with E-state index in [1.54, 1.807) is 18.2 Å². The lowest BCUT2D eigenvalue weighted by atomic mass is 10.1. The first-order chi connectivity index (χ1) is 13.4. The Morgan fingerprint density at radius 1 is 1.04 bits per heavy atom. The molecule has 0 spiro atoms. The number of halogens is 3. The van der Waals surface area contributed by atoms with Gasteiger partial charge in [0.05, 0.1) is 34.5 Å². The lowest BCUT2D eigenvalue weighted by Gasteiger charge is -2.23. The summed E-state index contributed by atoms with van der Waals surface area (Å²) in [6.45, 7) is -0.224. The van der Waals surface area contributed by atoms with Gasteiger partial charge in [0, 0.05) is 18.3 Å². The number of carbonyl (C=O) groups is 1. The van der Waals surface area contributed by atoms with Crippen LogP contribution >= 0.6 is 0 Å². The fourth-order valence-electron chi connectivity index (χ4n) is 2.56. The molecule has 1 amide bonds. The van der Waals surface area contributed by atoms with E-state index in [-0.39, 0.29) is 12.2 Å². The van der Waals surface area contributed by atoms with Crippen molar-refractivity contribution in [3.05, 3.63) is 99.6 Å². The molecule has 0 bridgehead atoms. The van der Waals surface area contributed by atoms with Gasteiger partial charge in [-0.3, -0.25) is 24.8 Å². The highest BCUT2D eigenvalue weighted by Crippen LogP contribution is 2.26. The number of carbonyl (C=O) groups excluding carboxylic acids is 1. The molecule has 0 N–H and O–H groups in total. The average Bonchev–Trinajstić information content (AvgIpc) is 2.67. The molecular formula is C19H12F3N3O3. The molecule has 0 saturated heterocycles. The maximum Gasteiger partial charge on any atom is 0.272 e. The number of amides is 1. The van der Waals surface area contributed by atoms with Crippen molar-refractivity contribution in [2.75, 3.05) is 4.90 Å². The molecule has 0 aliphatic rings. The third-order valence-electron chi connectivity index (χ3n) is 3.89. The van der Waals surface area contributed by atoms with Crippen LogP contribution in [0.4, 0.5) is 24.5 Å². The highest BCUT2D eigenvalue weighted by Gasteiger charge is 2.25. The minimum Gasteiger partial charge on any atom is -0.299 e. The first-order valence-electron chi connectivity index (χ1n) is 7.97. The SMILES string of the molecule is O=C(c1ccc([N+](=O)[O-])cc1F)N(Cc1ccccn1)c1ccc(F)cc1F. The summed E-state index contributed by atoms with van der Waals surface area (Å²) in [5.41, 5.74) is -0.930. The van der Waals surface area contributed by atoms with Gasteiger partial charge in [0.25, 0.3) is 11.6 Å². The predicted molar refractivity (Wildman–Crippen MR) is 94.2 cm³/mol. The first kappa shape index (κ1) is 19.0. The number of hydrogen-bond acceptors (Lipinski definition) is 4. The number of pyridine rings is 1. The third-order valence-corrected chi connectivity index (χ3v) is 3.89. The zero-order valence-corrected chi connectivity index (χ0v) is 14.2. The van der Waals surface area contributed by atoms with Crippen molar-refractivity contribution < 1.29 is 22.9 Å². The van der Waals surface area contributed by atoms with Gasteiger partial charge in [-0.05, 0) is 30.3 Å². The van der Waals surface area contributed by atoms with Gasteiger partial charge in [-0.25, -0.2) is 13.2 Å². The van der Waals surface area contributed by atoms with E-state index in [0.29, 0.717) is 17.8 Å². The van der Waals surface area contributed by atoms with E-state index < -0.39 is 39.5 Å². The quantitative estimate of drug-likeness (QED) is 0.484. The smallest absolute Gasteiger partial charge is 0.272 e. The number of rotatable bonds is 5. The van der Waals surface area contributed by atoms with E-state index in [4.69, 9.17) is 0 Å². The number of anilines is 1. The van der Waals surface area contributed by atoms with Crippen LogP contribution in [0.5, 0.6) is 0 Å². The van der Waals surface area contributed by atoms with Crippen LogP contribution in [-0.4, -0.2) is 15.8 Å². The molecule has 0 aliphatic heterocycles. The van der Waals surface area contributed by atoms with Crippen molar-refractivity contribution in [3.8, 4) is 0 Å². The van der Waals surface area contributed by atoms with Crippen molar-refractivity contribution >= 4 is 17.3 Å². The molecule has 0 radical (unpaired) electrons. The summed E-state index contributed by atoms with van der Waals surface area (Å²) in [5.74, 6) is -3.95. The number of non-ortho nitro benzene ring substituents is 1. The second-order valence-corrected chi connectivity index (χ2v) is 5.73. The maximum absolute atomic E-state index is 14.3. The standard InChI is InChI=1S/C19H12F3N3O3/c20-12-4-7-18(17(22)9-12)24(11-13-3-1-2-8-23-13)19(26)15-6-5-14(25(27)28)10-16(15)21/h1-10H,11H2. The summed E-state index contributed by atoms with van der Waals surface area (Å²) in [7, 11) is 0. The molecule has 6 nitrogen and oxygen atoms in total. The van der Waals surface area contributed by atoms with E-state index in [9.17, 15) is 28.1 Å². The number of benzene rings is 2. The Bertz CT molecular complexity index is 1050. The number of nitrogens with zero attached hydrogens (tertiary/aromatic N) is 3. The van der Waals surface area contributed by atoms with E-state index >= 15 is 0 Å². The van der Waals surface area contributed by atoms with Gasteiger partial charge >= 0.3 is 0 Å². The number of nitro benzene ring substituents is 1. The number of aromatic nitrogens is 1. The summed E-state index contributed by atoms with van der Waals surface area (Å²) < 4.78 is 41.9. The highest BCUT2D eigenvalue weighted by molar-refractivity contribution is 6.06. The number of nitro groups is 1. The summed E-state index contributed by atoms with van der Waals surface area (Å²) in [4.78, 5) is 27.8. The van der Waals surface area contributed by atoms with Gasteiger partial charge in [0.2, 0.25) is 0 Å². The molecule has 0 unspecified atom stereocenters. The topological polar surface area (TPSA) is 76.3 Å². The largest absolute Gasteiger partial charge is 0.299 e. The summed E-state index contributed by atoms with van der Waals surface area (Å²) in [5, 5.41) is 10.8. The molecule has 0 atom stereocenters. The minimum absolute atomic E-state index is 0.224. The van der Waals surface area contributed by atoms with E-state index in [0.717, 1.165) is 29.2 Å². The second-order valence-electron chi connectivity index (χ2n) is 5.73. The molecule has 0 fully saturated rings. The second kappa shape index (κ2) is 7.87. The Labute approximate surface area is 157 Å². The Morgan fingerprint density at radius 2 is 1.82 bits per heavy atom. The number of hydrogen-bond donors (Lipinski definition) is 0. The fraction of sp³-hybridized carbons (Fsp3) is 0.0526. The zero-order valence-electron chi connectivity index (χ0n) is 14.2. The molecule has 3 aromatic rings. The highest BCUT2D eigenvalue weighted by atomic mass is 19.1. The lowest BCUT2D eigenvalue weighted by Crippen LogP contribution is -2.32. The summed E-state index contributed by atoms with van der Waals surface area (Å²) >= 11 is 0. The Morgan fingerprint density at radius 3 is 2.43 bits per heavy atom. The summed E-state index contributed by atoms with van der Waals surface area (Å²) in [6, 6.07) is 10.0. The van der Waals surface area contributed by atoms with Gasteiger partial charge in [-0.2, -0.15) is 0 Å². The van der Waals surface area contributed by atoms with E-state index in [2.05, 4.69) is 4.98 Å². The van der Waals surface area contributed by atoms with Crippen LogP contribution < -0.4 is 4.90 Å². The fourth-order valence-corrected chi connectivity index (χ4v) is 2.56. The van der Waals surface area contributed by atoms with Crippen molar-refractivity contribution in [2.45, 2.75) is 6.54 Å². The van der Waals surface area contributed by atoms with E-state index in [1.165, 1.54) is 6.20 Å². The van der Waals surface area contributed by atoms with Gasteiger partial charge in [0.15, 0.2) is 0 Å². The molecule has 142 valence electrons. The first-order valence-corrected chi connectivity index (χ1v) is 7.97. The van der Waals surface area contributed by atoms with Crippen molar-refractivity contribution in [3.63, 3.8) is 0 Å². The van der Waals surface area contributed by atoms with Crippen LogP contribution in [0.25, 0.3) is 0 Å². The Hall–Kier alpha value is -3.75. The third kappa shape index (κ3) is 3.98. The van der Waals surface area contributed by atoms with Crippen molar-refractivity contribution in [1.82, 2.24) is 4.98 Å². The minimum atomic E-state index is -1.13. The molecular weight excluding hydrogens is 375 g/mol. The summed E-state index contributed by atoms with van der Waals surface area (Å²) in [6.07, 6.45) is 1.46. The molecule has 3 rings (SSSR count). The van der Waals surface area contributed by atoms with Gasteiger partial charge in [0.1, 0.15) is 17.5 Å². The van der Waals surface area contributed by atoms with Crippen LogP contribution in [0.15, 0.2) is 60.8 Å². The van der Waals surface area contributed by atoms with Crippen molar-refractivity contribution in [2.24, 2.45) is 0 Å². The zero-order chi connectivity index (χ0) is 20.3. The average molecular weight is 387 g/mol. The molecule has 0 saturated carbocycles. The van der Waals surface area contributed by atoms with E-state index in [1.807, 2.05) is 0 Å². The predicted octanol–water partition coefficient (Wildman–Crippen LogP) is 4.25. The van der Waals surface area contributed by atoms with Gasteiger partial charge in [-0.1, -0.05) is 6.07 Å². The molecule has 28 heavy (non-hydrogen) atoms. The Kier molecular flexibility index (Phi) is 5.35. The normalized spacial score (nSPS) is 10.5. The molecule has 0 aliphatic carbocycles. The van der Waals surface area contributed by atoms with Crippen LogP contribution in [0.2, 0.25) is 0 Å². The van der Waals surface area contributed by atoms with Crippen LogP contribution in [0, 0.1) is 27.6 Å². The van der Waals surface area contributed by atoms with Crippen LogP contribution in [0.1, 0.15) is 16.1 Å². The molecule has 1 heterocycles. The lowest BCUT2D eigenvalue weighted by molar-refractivity contribution is -0.385. The molecule has 1 aromatic heterocycles. The van der Waals surface area contributed by atoms with Gasteiger partial charge in [-0.15, -0.1) is 0 Å². The van der Waals surface area contributed by atoms with Gasteiger partial charge < -0.3 is 0 Å². The molecule has 9 heteroatoms. The van der Waals surface area contributed by atoms with Crippen LogP contribution in [0.3, 0.4) is 0 Å². The molecule has 2 aromatic carbocycles. The maximum atomic E-state index is 14.3. The van der Waals surface area contributed by atoms with Crippen LogP contribution in [-0.2, 0) is 6.54 Å². The van der Waals surface area contributed by atoms with Crippen molar-refractivity contribution in [1.29, 1.82) is 0 Å². The monoisotopic (exact) mass is 387 g/mol.